The van der Waals surface area contributed by atoms with Gasteiger partial charge in [-0.05, 0) is 0 Å². The molecule has 6 nitrogen and oxygen atoms in total. The molecule has 2 saturated carbocycles. The molecule has 0 spiro atoms. The van der Waals surface area contributed by atoms with Crippen LogP contribution in [-0.2, 0) is 10.8 Å². The normalized spacial score (nSPS) is 39.0. The van der Waals surface area contributed by atoms with Gasteiger partial charge in [-0.25, -0.2) is 0 Å². The molecule has 0 aromatic heterocycles. The molecular weight excluding hydrogens is 571 g/mol. The number of rotatable bonds is 5. The van der Waals surface area contributed by atoms with E-state index in [0.717, 1.165) is 5.56 Å². The van der Waals surface area contributed by atoms with E-state index in [1.54, 1.807) is 0 Å². The van der Waals surface area contributed by atoms with Crippen molar-refractivity contribution in [3.8, 4) is 0 Å². The van der Waals surface area contributed by atoms with E-state index in [2.05, 4.69) is 45.0 Å². The number of alkyl halides is 2. The van der Waals surface area contributed by atoms with E-state index in [9.17, 15) is 30.6 Å². The number of benzene rings is 1. The maximum atomic E-state index is 11.3. The summed E-state index contributed by atoms with van der Waals surface area (Å²) in [5.41, 5.74) is 1.65. The van der Waals surface area contributed by atoms with Crippen molar-refractivity contribution in [3.05, 3.63) is 35.4 Å². The minimum absolute atomic E-state index is 0.0571. The summed E-state index contributed by atoms with van der Waals surface area (Å²) in [7, 11) is 0. The number of hydrogen-bond donors (Lipinski definition) is 6. The molecule has 0 radical (unpaired) electrons. The van der Waals surface area contributed by atoms with Gasteiger partial charge in [0.25, 0.3) is 0 Å². The molecule has 9 atom stereocenters. The van der Waals surface area contributed by atoms with Crippen molar-refractivity contribution in [1.29, 1.82) is 0 Å². The quantitative estimate of drug-likeness (QED) is 0.201. The summed E-state index contributed by atoms with van der Waals surface area (Å²) in [5, 5.41) is 64.0. The van der Waals surface area contributed by atoms with Gasteiger partial charge in [0.15, 0.2) is 0 Å². The zero-order valence-electron chi connectivity index (χ0n) is 21.9. The molecule has 1 heterocycles. The van der Waals surface area contributed by atoms with Crippen LogP contribution in [0.5, 0.6) is 0 Å². The minimum atomic E-state index is -1.23. The molecule has 3 fully saturated rings. The number of aliphatic hydroxyl groups is 6. The Morgan fingerprint density at radius 3 is 1.81 bits per heavy atom. The van der Waals surface area contributed by atoms with E-state index in [0.29, 0.717) is 31.6 Å². The first-order valence-corrected chi connectivity index (χ1v) is 16.3. The van der Waals surface area contributed by atoms with Crippen LogP contribution in [0.1, 0.15) is 89.7 Å². The summed E-state index contributed by atoms with van der Waals surface area (Å²) < 4.78 is -1.63. The van der Waals surface area contributed by atoms with E-state index in [4.69, 9.17) is 0 Å². The molecule has 3 aliphatic rings. The Bertz CT molecular complexity index is 856. The molecule has 36 heavy (non-hydrogen) atoms. The van der Waals surface area contributed by atoms with Crippen LogP contribution in [0.15, 0.2) is 24.3 Å². The summed E-state index contributed by atoms with van der Waals surface area (Å²) in [4.78, 5) is 0. The second-order valence-electron chi connectivity index (χ2n) is 12.3. The summed E-state index contributed by atoms with van der Waals surface area (Å²) in [6.45, 7) is 6.73. The van der Waals surface area contributed by atoms with Gasteiger partial charge in [0.2, 0.25) is 0 Å². The van der Waals surface area contributed by atoms with Gasteiger partial charge in [0.1, 0.15) is 0 Å². The maximum absolute atomic E-state index is 11.3. The van der Waals surface area contributed by atoms with Crippen molar-refractivity contribution < 1.29 is 51.8 Å². The van der Waals surface area contributed by atoms with Gasteiger partial charge in [-0.15, -0.1) is 0 Å². The SMILES string of the molecule is CC(C)(c1ccc(C(C)(C2CCC(O)C(O)[I-]C2O)C2CCC(O)C(O)C2O)cc1)C1CCCCC1. The first-order chi connectivity index (χ1) is 17.0. The second kappa shape index (κ2) is 11.4. The van der Waals surface area contributed by atoms with Crippen LogP contribution in [0.3, 0.4) is 0 Å². The monoisotopic (exact) mass is 617 g/mol. The first kappa shape index (κ1) is 28.7. The molecule has 9 unspecified atom stereocenters. The van der Waals surface area contributed by atoms with E-state index in [1.807, 2.05) is 0 Å². The van der Waals surface area contributed by atoms with E-state index in [-0.39, 0.29) is 17.3 Å². The van der Waals surface area contributed by atoms with Crippen LogP contribution in [0.2, 0.25) is 0 Å². The van der Waals surface area contributed by atoms with E-state index < -0.39 is 59.3 Å². The molecule has 2 aliphatic carbocycles. The predicted octanol–water partition coefficient (Wildman–Crippen LogP) is -0.208. The van der Waals surface area contributed by atoms with Crippen LogP contribution in [0, 0.1) is 17.8 Å². The van der Waals surface area contributed by atoms with Crippen molar-refractivity contribution in [2.24, 2.45) is 17.8 Å². The third kappa shape index (κ3) is 5.40. The zero-order chi connectivity index (χ0) is 26.3. The Kier molecular flexibility index (Phi) is 9.13. The standard InChI is InChI=1S/C29H46IO6/c1-28(2,17-7-5-4-6-8-17)18-9-11-19(12-10-18)29(3,20-13-15-22(31)25(34)24(20)33)21-14-16-23(32)27(36)30-26(21)35/h9-12,17,20-27,31-36H,4-8,13-16H2,1-3H3/q-1. The van der Waals surface area contributed by atoms with Gasteiger partial charge in [-0.1, -0.05) is 0 Å². The third-order valence-corrected chi connectivity index (χ3v) is 13.2. The van der Waals surface area contributed by atoms with Gasteiger partial charge in [0.05, 0.1) is 0 Å². The van der Waals surface area contributed by atoms with Gasteiger partial charge in [0, 0.05) is 0 Å². The predicted molar refractivity (Wildman–Crippen MR) is 135 cm³/mol. The van der Waals surface area contributed by atoms with Crippen molar-refractivity contribution >= 4 is 0 Å². The van der Waals surface area contributed by atoms with Crippen molar-refractivity contribution in [3.63, 3.8) is 0 Å². The fraction of sp³-hybridized carbons (Fsp3) is 0.793. The molecule has 206 valence electrons. The van der Waals surface area contributed by atoms with Crippen LogP contribution in [-0.4, -0.2) is 63.3 Å². The Morgan fingerprint density at radius 2 is 1.17 bits per heavy atom. The summed E-state index contributed by atoms with van der Waals surface area (Å²) in [5.74, 6) is -0.00256. The molecule has 7 heteroatoms. The van der Waals surface area contributed by atoms with Crippen molar-refractivity contribution in [2.75, 3.05) is 0 Å². The van der Waals surface area contributed by atoms with Gasteiger partial charge in [-0.3, -0.25) is 0 Å². The molecule has 1 saturated heterocycles. The zero-order valence-corrected chi connectivity index (χ0v) is 24.1. The van der Waals surface area contributed by atoms with Crippen LogP contribution >= 0.6 is 0 Å². The van der Waals surface area contributed by atoms with E-state index >= 15 is 0 Å². The first-order valence-electron chi connectivity index (χ1n) is 13.8. The summed E-state index contributed by atoms with van der Waals surface area (Å²) >= 11 is -1.10. The molecule has 1 aromatic carbocycles. The molecule has 1 aliphatic heterocycles. The Morgan fingerprint density at radius 1 is 0.611 bits per heavy atom. The van der Waals surface area contributed by atoms with E-state index in [1.165, 1.54) is 37.7 Å². The Labute approximate surface area is 226 Å². The molecule has 4 rings (SSSR count). The molecule has 0 amide bonds. The van der Waals surface area contributed by atoms with Gasteiger partial charge < -0.3 is 0 Å². The van der Waals surface area contributed by atoms with Crippen LogP contribution < -0.4 is 21.2 Å². The molecule has 6 N–H and O–H groups in total. The van der Waals surface area contributed by atoms with Crippen molar-refractivity contribution in [2.45, 2.75) is 122 Å². The summed E-state index contributed by atoms with van der Waals surface area (Å²) in [6, 6.07) is 8.66. The third-order valence-electron chi connectivity index (χ3n) is 10.0. The average molecular weight is 618 g/mol. The molecular formula is C29H46IO6-. The number of aliphatic hydroxyl groups excluding tert-OH is 6. The van der Waals surface area contributed by atoms with Crippen molar-refractivity contribution in [1.82, 2.24) is 0 Å². The second-order valence-corrected chi connectivity index (χ2v) is 15.5. The molecule has 1 aromatic rings. The Balaban J connectivity index is 1.72. The number of hydrogen-bond acceptors (Lipinski definition) is 6. The van der Waals surface area contributed by atoms with Gasteiger partial charge >= 0.3 is 227 Å². The van der Waals surface area contributed by atoms with Crippen LogP contribution in [0.25, 0.3) is 0 Å². The Hall–Kier alpha value is -0.290. The topological polar surface area (TPSA) is 121 Å². The van der Waals surface area contributed by atoms with Crippen LogP contribution in [0.4, 0.5) is 0 Å². The molecule has 0 bridgehead atoms. The fourth-order valence-corrected chi connectivity index (χ4v) is 10.6. The summed E-state index contributed by atoms with van der Waals surface area (Å²) in [6.07, 6.45) is 4.06. The fourth-order valence-electron chi connectivity index (χ4n) is 7.35. The number of halogens is 1. The van der Waals surface area contributed by atoms with Gasteiger partial charge in [-0.2, -0.15) is 0 Å². The average Bonchev–Trinajstić information content (AvgIpc) is 3.00.